The Morgan fingerprint density at radius 3 is 2.50 bits per heavy atom. The summed E-state index contributed by atoms with van der Waals surface area (Å²) in [4.78, 5) is 12.4. The molecule has 24 heavy (non-hydrogen) atoms. The van der Waals surface area contributed by atoms with E-state index in [9.17, 15) is 18.5 Å². The molecule has 8 heteroatoms. The van der Waals surface area contributed by atoms with Crippen molar-refractivity contribution in [3.63, 3.8) is 0 Å². The fourth-order valence-electron chi connectivity index (χ4n) is 3.42. The van der Waals surface area contributed by atoms with E-state index in [1.54, 1.807) is 0 Å². The molecule has 2 aliphatic rings. The SMILES string of the molecule is Cc1oc(C(=O)NC2(C#N)CCCC2)cc1S(=O)(=O)N1CCCC1. The Morgan fingerprint density at radius 1 is 1.29 bits per heavy atom. The highest BCUT2D eigenvalue weighted by molar-refractivity contribution is 7.89. The van der Waals surface area contributed by atoms with Crippen molar-refractivity contribution in [1.29, 1.82) is 5.26 Å². The van der Waals surface area contributed by atoms with Gasteiger partial charge in [-0.25, -0.2) is 8.42 Å². The number of hydrogen-bond donors (Lipinski definition) is 1. The lowest BCUT2D eigenvalue weighted by Crippen LogP contribution is -2.45. The Kier molecular flexibility index (Phi) is 4.40. The molecule has 1 saturated carbocycles. The smallest absolute Gasteiger partial charge is 0.288 e. The largest absolute Gasteiger partial charge is 0.455 e. The molecule has 2 fully saturated rings. The molecule has 1 aliphatic carbocycles. The molecule has 7 nitrogen and oxygen atoms in total. The van der Waals surface area contributed by atoms with Gasteiger partial charge < -0.3 is 9.73 Å². The summed E-state index contributed by atoms with van der Waals surface area (Å²) in [5.74, 6) is -0.402. The Hall–Kier alpha value is -1.85. The van der Waals surface area contributed by atoms with E-state index in [-0.39, 0.29) is 16.4 Å². The van der Waals surface area contributed by atoms with Gasteiger partial charge in [0.1, 0.15) is 16.2 Å². The maximum absolute atomic E-state index is 12.6. The molecule has 2 heterocycles. The van der Waals surface area contributed by atoms with E-state index in [0.29, 0.717) is 25.9 Å². The van der Waals surface area contributed by atoms with Crippen LogP contribution in [-0.2, 0) is 10.0 Å². The number of nitrogens with zero attached hydrogens (tertiary/aromatic N) is 2. The van der Waals surface area contributed by atoms with Gasteiger partial charge in [-0.2, -0.15) is 9.57 Å². The van der Waals surface area contributed by atoms with Gasteiger partial charge >= 0.3 is 0 Å². The van der Waals surface area contributed by atoms with Crippen molar-refractivity contribution >= 4 is 15.9 Å². The first-order valence-electron chi connectivity index (χ1n) is 8.22. The van der Waals surface area contributed by atoms with Crippen LogP contribution in [0, 0.1) is 18.3 Å². The second-order valence-electron chi connectivity index (χ2n) is 6.50. The van der Waals surface area contributed by atoms with Gasteiger partial charge in [0.2, 0.25) is 10.0 Å². The van der Waals surface area contributed by atoms with E-state index in [1.165, 1.54) is 17.3 Å². The van der Waals surface area contributed by atoms with Crippen LogP contribution in [0.3, 0.4) is 0 Å². The van der Waals surface area contributed by atoms with Crippen molar-refractivity contribution in [2.75, 3.05) is 13.1 Å². The number of nitriles is 1. The third kappa shape index (κ3) is 2.94. The van der Waals surface area contributed by atoms with Crippen LogP contribution in [0.2, 0.25) is 0 Å². The molecule has 0 atom stereocenters. The van der Waals surface area contributed by atoms with Crippen molar-refractivity contribution in [2.45, 2.75) is 55.9 Å². The number of aryl methyl sites for hydroxylation is 1. The zero-order valence-electron chi connectivity index (χ0n) is 13.7. The van der Waals surface area contributed by atoms with Crippen LogP contribution in [0.25, 0.3) is 0 Å². The van der Waals surface area contributed by atoms with Crippen LogP contribution in [0.4, 0.5) is 0 Å². The molecule has 1 amide bonds. The molecular formula is C16H21N3O4S. The summed E-state index contributed by atoms with van der Waals surface area (Å²) >= 11 is 0. The lowest BCUT2D eigenvalue weighted by atomic mass is 10.00. The second-order valence-corrected chi connectivity index (χ2v) is 8.40. The number of furan rings is 1. The molecule has 1 N–H and O–H groups in total. The molecule has 130 valence electrons. The number of amides is 1. The molecule has 3 rings (SSSR count). The van der Waals surface area contributed by atoms with Crippen molar-refractivity contribution in [1.82, 2.24) is 9.62 Å². The van der Waals surface area contributed by atoms with Gasteiger partial charge in [0, 0.05) is 19.2 Å². The van der Waals surface area contributed by atoms with Gasteiger partial charge in [-0.15, -0.1) is 0 Å². The quantitative estimate of drug-likeness (QED) is 0.893. The van der Waals surface area contributed by atoms with Crippen molar-refractivity contribution in [3.05, 3.63) is 17.6 Å². The zero-order valence-corrected chi connectivity index (χ0v) is 14.5. The summed E-state index contributed by atoms with van der Waals surface area (Å²) in [5.41, 5.74) is -0.869. The van der Waals surface area contributed by atoms with Crippen LogP contribution < -0.4 is 5.32 Å². The van der Waals surface area contributed by atoms with Gasteiger partial charge in [-0.3, -0.25) is 4.79 Å². The topological polar surface area (TPSA) is 103 Å². The van der Waals surface area contributed by atoms with E-state index in [0.717, 1.165) is 25.7 Å². The van der Waals surface area contributed by atoms with Gasteiger partial charge in [0.25, 0.3) is 5.91 Å². The summed E-state index contributed by atoms with van der Waals surface area (Å²) in [6, 6.07) is 3.45. The molecule has 0 unspecified atom stereocenters. The lowest BCUT2D eigenvalue weighted by molar-refractivity contribution is 0.0891. The molecule has 0 aromatic carbocycles. The Labute approximate surface area is 141 Å². The van der Waals surface area contributed by atoms with E-state index < -0.39 is 21.5 Å². The number of hydrogen-bond acceptors (Lipinski definition) is 5. The van der Waals surface area contributed by atoms with Crippen LogP contribution in [0.1, 0.15) is 54.8 Å². The predicted octanol–water partition coefficient (Wildman–Crippen LogP) is 1.94. The first-order valence-corrected chi connectivity index (χ1v) is 9.66. The molecule has 0 radical (unpaired) electrons. The fraction of sp³-hybridized carbons (Fsp3) is 0.625. The molecule has 1 aromatic heterocycles. The van der Waals surface area contributed by atoms with Crippen LogP contribution >= 0.6 is 0 Å². The first-order chi connectivity index (χ1) is 11.4. The summed E-state index contributed by atoms with van der Waals surface area (Å²) in [7, 11) is -3.64. The van der Waals surface area contributed by atoms with Crippen LogP contribution in [0.15, 0.2) is 15.4 Å². The zero-order chi connectivity index (χ0) is 17.4. The second kappa shape index (κ2) is 6.22. The third-order valence-corrected chi connectivity index (χ3v) is 6.81. The number of sulfonamides is 1. The Morgan fingerprint density at radius 2 is 1.92 bits per heavy atom. The highest BCUT2D eigenvalue weighted by atomic mass is 32.2. The van der Waals surface area contributed by atoms with Gasteiger partial charge in [0.15, 0.2) is 5.76 Å². The fourth-order valence-corrected chi connectivity index (χ4v) is 5.10. The molecule has 1 aliphatic heterocycles. The van der Waals surface area contributed by atoms with E-state index >= 15 is 0 Å². The number of nitrogens with one attached hydrogen (secondary N) is 1. The van der Waals surface area contributed by atoms with E-state index in [4.69, 9.17) is 4.42 Å². The van der Waals surface area contributed by atoms with E-state index in [2.05, 4.69) is 11.4 Å². The number of carbonyl (C=O) groups is 1. The molecule has 1 aromatic rings. The summed E-state index contributed by atoms with van der Waals surface area (Å²) < 4.78 is 32.1. The van der Waals surface area contributed by atoms with Crippen LogP contribution in [0.5, 0.6) is 0 Å². The van der Waals surface area contributed by atoms with Gasteiger partial charge in [-0.05, 0) is 45.4 Å². The normalized spacial score (nSPS) is 20.8. The van der Waals surface area contributed by atoms with E-state index in [1.807, 2.05) is 0 Å². The predicted molar refractivity (Wildman–Crippen MR) is 85.7 cm³/mol. The maximum atomic E-state index is 12.6. The minimum atomic E-state index is -3.64. The first kappa shape index (κ1) is 17.0. The lowest BCUT2D eigenvalue weighted by Gasteiger charge is -2.20. The molecular weight excluding hydrogens is 330 g/mol. The average Bonchev–Trinajstić information content (AvgIpc) is 3.28. The third-order valence-electron chi connectivity index (χ3n) is 4.80. The minimum Gasteiger partial charge on any atom is -0.455 e. The van der Waals surface area contributed by atoms with Crippen LogP contribution in [-0.4, -0.2) is 37.3 Å². The molecule has 0 bridgehead atoms. The average molecular weight is 351 g/mol. The maximum Gasteiger partial charge on any atom is 0.288 e. The summed E-state index contributed by atoms with van der Waals surface area (Å²) in [6.45, 7) is 2.52. The van der Waals surface area contributed by atoms with Gasteiger partial charge in [-0.1, -0.05) is 0 Å². The minimum absolute atomic E-state index is 0.0342. The highest BCUT2D eigenvalue weighted by Crippen LogP contribution is 2.30. The molecule has 0 spiro atoms. The van der Waals surface area contributed by atoms with Crippen molar-refractivity contribution < 1.29 is 17.6 Å². The van der Waals surface area contributed by atoms with Crippen molar-refractivity contribution in [3.8, 4) is 6.07 Å². The highest BCUT2D eigenvalue weighted by Gasteiger charge is 2.37. The number of rotatable bonds is 4. The summed E-state index contributed by atoms with van der Waals surface area (Å²) in [5, 5.41) is 12.1. The van der Waals surface area contributed by atoms with Crippen molar-refractivity contribution in [2.24, 2.45) is 0 Å². The number of carbonyl (C=O) groups excluding carboxylic acids is 1. The van der Waals surface area contributed by atoms with Gasteiger partial charge in [0.05, 0.1) is 6.07 Å². The molecule has 1 saturated heterocycles. The monoisotopic (exact) mass is 351 g/mol. The summed E-state index contributed by atoms with van der Waals surface area (Å²) in [6.07, 6.45) is 4.67. The Balaban J connectivity index is 1.83. The Bertz CT molecular complexity index is 779. The standard InChI is InChI=1S/C16H21N3O4S/c1-12-14(24(21,22)19-8-4-5-9-19)10-13(23-12)15(20)18-16(11-17)6-2-3-7-16/h10H,2-9H2,1H3,(H,18,20).